The smallest absolute Gasteiger partial charge is 0.161 e. The zero-order valence-electron chi connectivity index (χ0n) is 18.3. The standard InChI is InChI=1S/C27H28N2O3/c1-3-10-20-15-16-24(25(19-20)31-2)32-18-9-17-29-23-14-8-7-13-22(23)28-27(29)26(30)21-11-5-4-6-12-21/h3-8,11-16,19,26,30H,1,9-10,17-18H2,2H3. The van der Waals surface area contributed by atoms with Crippen LogP contribution in [-0.4, -0.2) is 28.4 Å². The number of hydrogen-bond acceptors (Lipinski definition) is 4. The zero-order valence-corrected chi connectivity index (χ0v) is 18.3. The van der Waals surface area contributed by atoms with Crippen LogP contribution in [0, 0.1) is 0 Å². The number of nitrogens with zero attached hydrogens (tertiary/aromatic N) is 2. The summed E-state index contributed by atoms with van der Waals surface area (Å²) in [7, 11) is 1.65. The highest BCUT2D eigenvalue weighted by molar-refractivity contribution is 5.76. The van der Waals surface area contributed by atoms with Crippen LogP contribution in [0.1, 0.15) is 29.5 Å². The summed E-state index contributed by atoms with van der Waals surface area (Å²) >= 11 is 0. The van der Waals surface area contributed by atoms with Gasteiger partial charge in [-0.3, -0.25) is 0 Å². The molecule has 0 aliphatic heterocycles. The number of ether oxygens (including phenoxy) is 2. The van der Waals surface area contributed by atoms with E-state index in [0.29, 0.717) is 19.0 Å². The van der Waals surface area contributed by atoms with Crippen LogP contribution in [0.3, 0.4) is 0 Å². The van der Waals surface area contributed by atoms with Gasteiger partial charge in [-0.1, -0.05) is 54.6 Å². The highest BCUT2D eigenvalue weighted by Crippen LogP contribution is 2.29. The summed E-state index contributed by atoms with van der Waals surface area (Å²) in [6, 6.07) is 23.5. The summed E-state index contributed by atoms with van der Waals surface area (Å²) in [5.41, 5.74) is 3.83. The molecule has 1 heterocycles. The number of rotatable bonds is 10. The number of allylic oxidation sites excluding steroid dienone is 1. The topological polar surface area (TPSA) is 56.5 Å². The van der Waals surface area contributed by atoms with Gasteiger partial charge in [-0.05, 0) is 48.2 Å². The lowest BCUT2D eigenvalue weighted by Crippen LogP contribution is -2.12. The molecule has 32 heavy (non-hydrogen) atoms. The first-order chi connectivity index (χ1) is 15.7. The van der Waals surface area contributed by atoms with Crippen molar-refractivity contribution in [3.05, 3.63) is 102 Å². The molecule has 0 aliphatic rings. The molecule has 0 aliphatic carbocycles. The molecule has 0 saturated heterocycles. The van der Waals surface area contributed by atoms with E-state index in [9.17, 15) is 5.11 Å². The van der Waals surface area contributed by atoms with E-state index in [0.717, 1.165) is 46.5 Å². The molecule has 1 atom stereocenters. The Balaban J connectivity index is 1.49. The van der Waals surface area contributed by atoms with Crippen molar-refractivity contribution in [2.75, 3.05) is 13.7 Å². The average Bonchev–Trinajstić information content (AvgIpc) is 3.21. The lowest BCUT2D eigenvalue weighted by atomic mass is 10.1. The van der Waals surface area contributed by atoms with Gasteiger partial charge in [0.05, 0.1) is 24.8 Å². The Labute approximate surface area is 188 Å². The van der Waals surface area contributed by atoms with Crippen LogP contribution < -0.4 is 9.47 Å². The summed E-state index contributed by atoms with van der Waals surface area (Å²) in [6.45, 7) is 4.98. The van der Waals surface area contributed by atoms with Gasteiger partial charge in [0, 0.05) is 6.54 Å². The van der Waals surface area contributed by atoms with Gasteiger partial charge in [-0.2, -0.15) is 0 Å². The second kappa shape index (κ2) is 10.2. The third kappa shape index (κ3) is 4.68. The van der Waals surface area contributed by atoms with Gasteiger partial charge in [-0.15, -0.1) is 6.58 Å². The fourth-order valence-electron chi connectivity index (χ4n) is 3.85. The van der Waals surface area contributed by atoms with E-state index < -0.39 is 6.10 Å². The van der Waals surface area contributed by atoms with Crippen molar-refractivity contribution in [3.63, 3.8) is 0 Å². The summed E-state index contributed by atoms with van der Waals surface area (Å²) < 4.78 is 13.6. The highest BCUT2D eigenvalue weighted by atomic mass is 16.5. The Morgan fingerprint density at radius 2 is 1.81 bits per heavy atom. The number of imidazole rings is 1. The largest absolute Gasteiger partial charge is 0.493 e. The highest BCUT2D eigenvalue weighted by Gasteiger charge is 2.19. The summed E-state index contributed by atoms with van der Waals surface area (Å²) in [5.74, 6) is 2.08. The molecular formula is C27H28N2O3. The van der Waals surface area contributed by atoms with E-state index in [1.165, 1.54) is 0 Å². The molecule has 5 heteroatoms. The number of methoxy groups -OCH3 is 1. The van der Waals surface area contributed by atoms with Crippen molar-refractivity contribution in [2.24, 2.45) is 0 Å². The lowest BCUT2D eigenvalue weighted by Gasteiger charge is -2.15. The van der Waals surface area contributed by atoms with E-state index in [-0.39, 0.29) is 0 Å². The first-order valence-electron chi connectivity index (χ1n) is 10.8. The van der Waals surface area contributed by atoms with Gasteiger partial charge in [0.25, 0.3) is 0 Å². The van der Waals surface area contributed by atoms with Crippen LogP contribution in [0.4, 0.5) is 0 Å². The van der Waals surface area contributed by atoms with Crippen LogP contribution in [0.5, 0.6) is 11.5 Å². The molecule has 0 saturated carbocycles. The molecule has 164 valence electrons. The molecule has 0 amide bonds. The minimum absolute atomic E-state index is 0.518. The van der Waals surface area contributed by atoms with Crippen LogP contribution in [0.25, 0.3) is 11.0 Å². The van der Waals surface area contributed by atoms with Crippen molar-refractivity contribution in [1.82, 2.24) is 9.55 Å². The number of fused-ring (bicyclic) bond motifs is 1. The Bertz CT molecular complexity index is 1180. The molecule has 1 unspecified atom stereocenters. The average molecular weight is 429 g/mol. The Kier molecular flexibility index (Phi) is 6.87. The minimum atomic E-state index is -0.790. The van der Waals surface area contributed by atoms with Crippen molar-refractivity contribution >= 4 is 11.0 Å². The predicted octanol–water partition coefficient (Wildman–Crippen LogP) is 5.32. The maximum absolute atomic E-state index is 11.0. The Morgan fingerprint density at radius 1 is 1.03 bits per heavy atom. The minimum Gasteiger partial charge on any atom is -0.493 e. The Hall–Kier alpha value is -3.57. The predicted molar refractivity (Wildman–Crippen MR) is 127 cm³/mol. The molecule has 0 bridgehead atoms. The maximum Gasteiger partial charge on any atom is 0.161 e. The van der Waals surface area contributed by atoms with E-state index in [1.54, 1.807) is 7.11 Å². The molecule has 3 aromatic carbocycles. The first kappa shape index (κ1) is 21.7. The quantitative estimate of drug-likeness (QED) is 0.274. The second-order valence-corrected chi connectivity index (χ2v) is 7.60. The van der Waals surface area contributed by atoms with Gasteiger partial charge in [0.2, 0.25) is 0 Å². The lowest BCUT2D eigenvalue weighted by molar-refractivity contribution is 0.203. The van der Waals surface area contributed by atoms with Gasteiger partial charge in [0.1, 0.15) is 11.9 Å². The fraction of sp³-hybridized carbons (Fsp3) is 0.222. The van der Waals surface area contributed by atoms with E-state index >= 15 is 0 Å². The first-order valence-corrected chi connectivity index (χ1v) is 10.8. The van der Waals surface area contributed by atoms with Gasteiger partial charge < -0.3 is 19.1 Å². The summed E-state index contributed by atoms with van der Waals surface area (Å²) in [4.78, 5) is 4.72. The monoisotopic (exact) mass is 428 g/mol. The van der Waals surface area contributed by atoms with E-state index in [4.69, 9.17) is 14.5 Å². The maximum atomic E-state index is 11.0. The third-order valence-corrected chi connectivity index (χ3v) is 5.44. The summed E-state index contributed by atoms with van der Waals surface area (Å²) in [5, 5.41) is 11.0. The number of hydrogen-bond donors (Lipinski definition) is 1. The van der Waals surface area contributed by atoms with Crippen molar-refractivity contribution < 1.29 is 14.6 Å². The number of aliphatic hydroxyl groups is 1. The molecule has 1 aromatic heterocycles. The number of para-hydroxylation sites is 2. The van der Waals surface area contributed by atoms with Crippen molar-refractivity contribution in [1.29, 1.82) is 0 Å². The molecule has 0 fully saturated rings. The molecule has 4 aromatic rings. The third-order valence-electron chi connectivity index (χ3n) is 5.44. The number of aliphatic hydroxyl groups excluding tert-OH is 1. The number of benzene rings is 3. The van der Waals surface area contributed by atoms with Crippen molar-refractivity contribution in [2.45, 2.75) is 25.5 Å². The van der Waals surface area contributed by atoms with Crippen LogP contribution in [-0.2, 0) is 13.0 Å². The van der Waals surface area contributed by atoms with Gasteiger partial charge in [0.15, 0.2) is 11.5 Å². The molecular weight excluding hydrogens is 400 g/mol. The van der Waals surface area contributed by atoms with Crippen LogP contribution >= 0.6 is 0 Å². The van der Waals surface area contributed by atoms with Crippen LogP contribution in [0.2, 0.25) is 0 Å². The number of aryl methyl sites for hydroxylation is 1. The molecule has 1 N–H and O–H groups in total. The fourth-order valence-corrected chi connectivity index (χ4v) is 3.85. The Morgan fingerprint density at radius 3 is 2.59 bits per heavy atom. The van der Waals surface area contributed by atoms with E-state index in [2.05, 4.69) is 11.1 Å². The molecule has 5 nitrogen and oxygen atoms in total. The normalized spacial score (nSPS) is 11.9. The molecule has 0 radical (unpaired) electrons. The second-order valence-electron chi connectivity index (χ2n) is 7.60. The van der Waals surface area contributed by atoms with Gasteiger partial charge in [-0.25, -0.2) is 4.98 Å². The SMILES string of the molecule is C=CCc1ccc(OCCCn2c(C(O)c3ccccc3)nc3ccccc32)c(OC)c1. The van der Waals surface area contributed by atoms with Crippen LogP contribution in [0.15, 0.2) is 85.5 Å². The molecule has 0 spiro atoms. The van der Waals surface area contributed by atoms with E-state index in [1.807, 2.05) is 78.9 Å². The van der Waals surface area contributed by atoms with Gasteiger partial charge >= 0.3 is 0 Å². The zero-order chi connectivity index (χ0) is 22.3. The number of aromatic nitrogens is 2. The summed E-state index contributed by atoms with van der Waals surface area (Å²) in [6.07, 6.45) is 2.62. The van der Waals surface area contributed by atoms with Crippen molar-refractivity contribution in [3.8, 4) is 11.5 Å². The molecule has 4 rings (SSSR count).